The minimum Gasteiger partial charge on any atom is -0.357 e. The Balaban J connectivity index is 1.86. The minimum absolute atomic E-state index is 0.00903. The third-order valence-corrected chi connectivity index (χ3v) is 2.89. The predicted molar refractivity (Wildman–Crippen MR) is 71.5 cm³/mol. The summed E-state index contributed by atoms with van der Waals surface area (Å²) in [6.45, 7) is 0.569. The first-order chi connectivity index (χ1) is 9.74. The minimum atomic E-state index is -0.00903. The monoisotopic (exact) mass is 274 g/mol. The van der Waals surface area contributed by atoms with E-state index in [1.807, 2.05) is 0 Å². The van der Waals surface area contributed by atoms with Crippen molar-refractivity contribution in [1.29, 1.82) is 0 Å². The van der Waals surface area contributed by atoms with E-state index < -0.39 is 0 Å². The summed E-state index contributed by atoms with van der Waals surface area (Å²) in [4.78, 5) is 28.0. The van der Waals surface area contributed by atoms with Crippen LogP contribution in [0.3, 0.4) is 0 Å². The van der Waals surface area contributed by atoms with Crippen molar-refractivity contribution in [3.63, 3.8) is 0 Å². The fourth-order valence-electron chi connectivity index (χ4n) is 1.92. The van der Waals surface area contributed by atoms with Crippen molar-refractivity contribution in [2.45, 2.75) is 12.5 Å². The Morgan fingerprint density at radius 2 is 2.20 bits per heavy atom. The Hall–Kier alpha value is -2.71. The lowest BCUT2D eigenvalue weighted by molar-refractivity contribution is -0.119. The highest BCUT2D eigenvalue weighted by Gasteiger charge is 2.22. The number of nitrogens with one attached hydrogen (secondary N) is 3. The number of aromatic nitrogens is 5. The Morgan fingerprint density at radius 1 is 1.35 bits per heavy atom. The van der Waals surface area contributed by atoms with Gasteiger partial charge in [-0.3, -0.25) is 9.36 Å². The third kappa shape index (κ3) is 2.51. The lowest BCUT2D eigenvalue weighted by atomic mass is 10.3. The largest absolute Gasteiger partial charge is 0.357 e. The molecular weight excluding hydrogens is 260 g/mol. The van der Waals surface area contributed by atoms with Gasteiger partial charge in [-0.1, -0.05) is 0 Å². The topological polar surface area (TPSA) is 110 Å². The molecule has 0 radical (unpaired) electrons. The smallest absolute Gasteiger partial charge is 0.241 e. The van der Waals surface area contributed by atoms with Crippen LogP contribution in [0.15, 0.2) is 18.7 Å². The second kappa shape index (κ2) is 5.11. The molecule has 3 N–H and O–H groups in total. The molecule has 3 heterocycles. The molecule has 1 atom stereocenters. The highest BCUT2D eigenvalue weighted by Crippen LogP contribution is 2.12. The summed E-state index contributed by atoms with van der Waals surface area (Å²) in [7, 11) is 1.73. The molecule has 0 spiro atoms. The van der Waals surface area contributed by atoms with Gasteiger partial charge >= 0.3 is 0 Å². The van der Waals surface area contributed by atoms with Gasteiger partial charge in [0.15, 0.2) is 0 Å². The number of carbonyl (C=O) groups excluding carboxylic acids is 1. The molecule has 2 aromatic rings. The molecule has 9 nitrogen and oxygen atoms in total. The molecule has 0 saturated carbocycles. The maximum Gasteiger partial charge on any atom is 0.241 e. The first kappa shape index (κ1) is 12.3. The van der Waals surface area contributed by atoms with Crippen LogP contribution in [-0.4, -0.2) is 50.0 Å². The number of imidazole rings is 1. The van der Waals surface area contributed by atoms with Gasteiger partial charge in [0, 0.05) is 32.4 Å². The number of anilines is 2. The van der Waals surface area contributed by atoms with Gasteiger partial charge in [0.1, 0.15) is 6.33 Å². The van der Waals surface area contributed by atoms with Crippen molar-refractivity contribution in [3.05, 3.63) is 18.7 Å². The zero-order valence-electron chi connectivity index (χ0n) is 10.9. The van der Waals surface area contributed by atoms with Crippen LogP contribution >= 0.6 is 0 Å². The fourth-order valence-corrected chi connectivity index (χ4v) is 1.92. The van der Waals surface area contributed by atoms with E-state index in [0.29, 0.717) is 30.8 Å². The average molecular weight is 274 g/mol. The van der Waals surface area contributed by atoms with Crippen LogP contribution in [0.25, 0.3) is 5.95 Å². The van der Waals surface area contributed by atoms with Crippen LogP contribution < -0.4 is 16.0 Å². The predicted octanol–water partition coefficient (Wildman–Crippen LogP) is -0.601. The Kier molecular flexibility index (Phi) is 3.15. The maximum atomic E-state index is 11.2. The number of nitrogens with zero attached hydrogens (tertiary/aromatic N) is 5. The zero-order valence-corrected chi connectivity index (χ0v) is 10.9. The van der Waals surface area contributed by atoms with Gasteiger partial charge in [-0.05, 0) is 0 Å². The van der Waals surface area contributed by atoms with Gasteiger partial charge in [0.25, 0.3) is 0 Å². The van der Waals surface area contributed by atoms with E-state index in [-0.39, 0.29) is 11.9 Å². The molecule has 0 bridgehead atoms. The van der Waals surface area contributed by atoms with E-state index in [2.05, 4.69) is 35.9 Å². The quantitative estimate of drug-likeness (QED) is 0.682. The van der Waals surface area contributed by atoms with Gasteiger partial charge in [-0.25, -0.2) is 4.98 Å². The van der Waals surface area contributed by atoms with Crippen LogP contribution in [0, 0.1) is 0 Å². The number of rotatable bonds is 4. The highest BCUT2D eigenvalue weighted by molar-refractivity contribution is 5.79. The molecular formula is C11H14N8O. The van der Waals surface area contributed by atoms with Crippen molar-refractivity contribution in [1.82, 2.24) is 29.8 Å². The summed E-state index contributed by atoms with van der Waals surface area (Å²) in [5.41, 5.74) is 0. The van der Waals surface area contributed by atoms with Crippen molar-refractivity contribution in [3.8, 4) is 5.95 Å². The van der Waals surface area contributed by atoms with E-state index in [0.717, 1.165) is 0 Å². The zero-order chi connectivity index (χ0) is 13.9. The SMILES string of the molecule is CNc1nc(NC2CNC(=O)C2)nc(-n2ccnc2)n1. The number of carbonyl (C=O) groups is 1. The lowest BCUT2D eigenvalue weighted by Gasteiger charge is -2.12. The second-order valence-corrected chi connectivity index (χ2v) is 4.35. The van der Waals surface area contributed by atoms with Gasteiger partial charge in [0.2, 0.25) is 23.8 Å². The van der Waals surface area contributed by atoms with E-state index in [4.69, 9.17) is 0 Å². The van der Waals surface area contributed by atoms with E-state index >= 15 is 0 Å². The third-order valence-electron chi connectivity index (χ3n) is 2.89. The van der Waals surface area contributed by atoms with Gasteiger partial charge < -0.3 is 16.0 Å². The summed E-state index contributed by atoms with van der Waals surface area (Å²) in [6.07, 6.45) is 5.43. The van der Waals surface area contributed by atoms with E-state index in [9.17, 15) is 4.79 Å². The molecule has 9 heteroatoms. The molecule has 1 unspecified atom stereocenters. The van der Waals surface area contributed by atoms with Crippen LogP contribution in [0.1, 0.15) is 6.42 Å². The molecule has 104 valence electrons. The highest BCUT2D eigenvalue weighted by atomic mass is 16.1. The van der Waals surface area contributed by atoms with Gasteiger partial charge in [-0.2, -0.15) is 15.0 Å². The Bertz CT molecular complexity index is 611. The molecule has 0 aromatic carbocycles. The Morgan fingerprint density at radius 3 is 2.85 bits per heavy atom. The summed E-state index contributed by atoms with van der Waals surface area (Å²) < 4.78 is 1.69. The van der Waals surface area contributed by atoms with Crippen LogP contribution in [0.4, 0.5) is 11.9 Å². The van der Waals surface area contributed by atoms with Crippen LogP contribution in [0.5, 0.6) is 0 Å². The molecule has 1 saturated heterocycles. The van der Waals surface area contributed by atoms with Crippen LogP contribution in [-0.2, 0) is 4.79 Å². The first-order valence-electron chi connectivity index (χ1n) is 6.20. The maximum absolute atomic E-state index is 11.2. The molecule has 0 aliphatic carbocycles. The molecule has 3 rings (SSSR count). The van der Waals surface area contributed by atoms with Crippen molar-refractivity contribution in [2.75, 3.05) is 24.2 Å². The summed E-state index contributed by atoms with van der Waals surface area (Å²) in [5.74, 6) is 1.36. The van der Waals surface area contributed by atoms with Crippen LogP contribution in [0.2, 0.25) is 0 Å². The second-order valence-electron chi connectivity index (χ2n) is 4.35. The van der Waals surface area contributed by atoms with Crippen molar-refractivity contribution in [2.24, 2.45) is 0 Å². The van der Waals surface area contributed by atoms with Gasteiger partial charge in [-0.15, -0.1) is 0 Å². The average Bonchev–Trinajstić information content (AvgIpc) is 3.10. The van der Waals surface area contributed by atoms with E-state index in [1.54, 1.807) is 30.3 Å². The van der Waals surface area contributed by atoms with E-state index in [1.165, 1.54) is 0 Å². The molecule has 1 aliphatic rings. The fraction of sp³-hybridized carbons (Fsp3) is 0.364. The number of amides is 1. The molecule has 1 amide bonds. The standard InChI is InChI=1S/C11H14N8O/c1-12-9-16-10(15-7-4-8(20)14-5-7)18-11(17-9)19-3-2-13-6-19/h2-3,6-7H,4-5H2,1H3,(H,14,20)(H2,12,15,16,17,18). The number of hydrogen-bond acceptors (Lipinski definition) is 7. The van der Waals surface area contributed by atoms with Crippen molar-refractivity contribution < 1.29 is 4.79 Å². The molecule has 2 aromatic heterocycles. The van der Waals surface area contributed by atoms with Gasteiger partial charge in [0.05, 0.1) is 6.04 Å². The molecule has 1 aliphatic heterocycles. The number of hydrogen-bond donors (Lipinski definition) is 3. The van der Waals surface area contributed by atoms with Crippen molar-refractivity contribution >= 4 is 17.8 Å². The molecule has 20 heavy (non-hydrogen) atoms. The summed E-state index contributed by atoms with van der Waals surface area (Å²) in [6, 6.07) is -0.00903. The normalized spacial score (nSPS) is 17.9. The molecule has 1 fully saturated rings. The first-order valence-corrected chi connectivity index (χ1v) is 6.20. The Labute approximate surface area is 114 Å². The lowest BCUT2D eigenvalue weighted by Crippen LogP contribution is -2.24. The summed E-state index contributed by atoms with van der Waals surface area (Å²) in [5, 5.41) is 8.77. The summed E-state index contributed by atoms with van der Waals surface area (Å²) >= 11 is 0.